The highest BCUT2D eigenvalue weighted by Crippen LogP contribution is 2.34. The Hall–Kier alpha value is -3.45. The maximum atomic E-state index is 12.0. The molecule has 1 aromatic heterocycles. The van der Waals surface area contributed by atoms with Crippen molar-refractivity contribution in [2.45, 2.75) is 106 Å². The Morgan fingerprint density at radius 1 is 0.618 bits per heavy atom. The maximum absolute atomic E-state index is 12.0. The molecule has 4 fully saturated rings. The summed E-state index contributed by atoms with van der Waals surface area (Å²) in [6.45, 7) is 8.70. The van der Waals surface area contributed by atoms with Crippen LogP contribution in [0, 0.1) is 24.7 Å². The highest BCUT2D eigenvalue weighted by atomic mass is 32.2. The molecule has 0 bridgehead atoms. The molecule has 6 atom stereocenters. The fourth-order valence-electron chi connectivity index (χ4n) is 7.27. The fraction of sp³-hybridized carbons (Fsp3) is 0.766. The van der Waals surface area contributed by atoms with Gasteiger partial charge in [0, 0.05) is 66.8 Å². The lowest BCUT2D eigenvalue weighted by Crippen LogP contribution is -2.36. The van der Waals surface area contributed by atoms with Gasteiger partial charge < -0.3 is 64.9 Å². The number of nitrogens with zero attached hydrogens (tertiary/aromatic N) is 2. The molecule has 0 aliphatic carbocycles. The molecule has 4 saturated heterocycles. The number of nitrogens with one attached hydrogen (secondary N) is 4. The minimum atomic E-state index is -0.0448. The number of carbonyl (C=O) groups is 4. The van der Waals surface area contributed by atoms with Crippen molar-refractivity contribution in [1.82, 2.24) is 30.8 Å². The van der Waals surface area contributed by atoms with E-state index in [-0.39, 0.29) is 49.6 Å². The van der Waals surface area contributed by atoms with Crippen LogP contribution in [-0.4, -0.2) is 192 Å². The number of unbranched alkanes of at least 4 members (excludes halogenated alkanes) is 2. The van der Waals surface area contributed by atoms with Gasteiger partial charge in [0.1, 0.15) is 25.3 Å². The molecule has 0 spiro atoms. The molecule has 0 saturated carbocycles. The minimum absolute atomic E-state index is 0. The summed E-state index contributed by atoms with van der Waals surface area (Å²) in [5.74, 6) is 7.14. The summed E-state index contributed by atoms with van der Waals surface area (Å²) in [5.41, 5.74) is 5.25. The molecule has 0 unspecified atom stereocenters. The van der Waals surface area contributed by atoms with Crippen molar-refractivity contribution in [2.75, 3.05) is 124 Å². The molecule has 5 heterocycles. The van der Waals surface area contributed by atoms with E-state index in [0.717, 1.165) is 56.5 Å². The molecular formula is C47H79N7O12S2. The number of thioether (sulfide) groups is 2. The molecule has 6 N–H and O–H groups in total. The molecule has 4 amide bonds. The molecule has 19 nitrogen and oxygen atoms in total. The summed E-state index contributed by atoms with van der Waals surface area (Å²) < 4.78 is 43.5. The zero-order chi connectivity index (χ0) is 48.0. The zero-order valence-corrected chi connectivity index (χ0v) is 40.7. The van der Waals surface area contributed by atoms with Crippen molar-refractivity contribution in [3.8, 4) is 24.7 Å². The van der Waals surface area contributed by atoms with Crippen molar-refractivity contribution in [3.05, 3.63) is 18.7 Å². The lowest BCUT2D eigenvalue weighted by atomic mass is 10.0. The molecule has 386 valence electrons. The average molecular weight is 998 g/mol. The Balaban J connectivity index is 0.000000371. The largest absolute Gasteiger partial charge is 0.379 e. The third-order valence-corrected chi connectivity index (χ3v) is 13.6. The Labute approximate surface area is 412 Å². The predicted molar refractivity (Wildman–Crippen MR) is 265 cm³/mol. The number of ketones is 1. The second-order valence-electron chi connectivity index (χ2n) is 15.7. The fourth-order valence-corrected chi connectivity index (χ4v) is 10.4. The summed E-state index contributed by atoms with van der Waals surface area (Å²) in [6.07, 6.45) is 23.3. The minimum Gasteiger partial charge on any atom is -0.379 e. The van der Waals surface area contributed by atoms with Crippen LogP contribution in [0.5, 0.6) is 0 Å². The molecule has 21 heteroatoms. The van der Waals surface area contributed by atoms with Crippen molar-refractivity contribution in [1.29, 1.82) is 0 Å². The van der Waals surface area contributed by atoms with E-state index in [1.54, 1.807) is 18.7 Å². The standard InChI is InChI=1S/C22H36N2O6S.C13H18N4O2S.C11H21NO4.CH4/c1-2-9-27-11-13-29-15-16-30-14-12-28-10-5-7-18(25)6-3-4-8-20-21-19(17-31-20)23-22(26)24-21;18-11(17-6-5-14-8-17)4-2-1-3-10-12-9(7-20-10)15-13(19)16-12;1-2-4-13-6-8-15-10-11-16-9-7-14-5-3-12;/h1,19-21H,3-17H2,(H2,23,24,26);5-6,8-10,12H,1-4,7H2,(H2,15,16,19);1H,3-12H2;1H4/t19-,20-,21-;9-,10-,12-;;/m00../s1. The molecule has 4 aliphatic rings. The molecule has 0 radical (unpaired) electrons. The summed E-state index contributed by atoms with van der Waals surface area (Å²) in [4.78, 5) is 50.3. The van der Waals surface area contributed by atoms with Gasteiger partial charge in [-0.25, -0.2) is 14.6 Å². The number of terminal acetylenes is 2. The number of imidazole rings is 1. The summed E-state index contributed by atoms with van der Waals surface area (Å²) in [5, 5.41) is 12.8. The van der Waals surface area contributed by atoms with Gasteiger partial charge in [0.05, 0.1) is 110 Å². The number of ether oxygens (including phenoxy) is 8. The van der Waals surface area contributed by atoms with Crippen molar-refractivity contribution in [3.63, 3.8) is 0 Å². The summed E-state index contributed by atoms with van der Waals surface area (Å²) in [7, 11) is 0. The van der Waals surface area contributed by atoms with Crippen LogP contribution in [0.4, 0.5) is 9.59 Å². The summed E-state index contributed by atoms with van der Waals surface area (Å²) in [6, 6.07) is 0.979. The third-order valence-electron chi connectivity index (χ3n) is 10.6. The molecule has 5 rings (SSSR count). The van der Waals surface area contributed by atoms with E-state index in [4.69, 9.17) is 56.5 Å². The number of aromatic nitrogens is 2. The van der Waals surface area contributed by atoms with E-state index in [9.17, 15) is 19.2 Å². The average Bonchev–Trinajstić information content (AvgIpc) is 4.18. The van der Waals surface area contributed by atoms with Crippen molar-refractivity contribution in [2.24, 2.45) is 5.73 Å². The third kappa shape index (κ3) is 27.7. The number of fused-ring (bicyclic) bond motifs is 2. The van der Waals surface area contributed by atoms with Gasteiger partial charge in [-0.1, -0.05) is 32.1 Å². The quantitative estimate of drug-likeness (QED) is 0.0369. The van der Waals surface area contributed by atoms with Gasteiger partial charge in [-0.05, 0) is 32.1 Å². The highest BCUT2D eigenvalue weighted by Gasteiger charge is 2.43. The van der Waals surface area contributed by atoms with Gasteiger partial charge in [0.25, 0.3) is 0 Å². The van der Waals surface area contributed by atoms with Gasteiger partial charge in [-0.3, -0.25) is 14.2 Å². The number of Topliss-reactive ketones (excluding diaryl/α,β-unsaturated/α-hetero) is 1. The van der Waals surface area contributed by atoms with E-state index in [1.807, 2.05) is 23.5 Å². The van der Waals surface area contributed by atoms with Crippen LogP contribution in [0.15, 0.2) is 18.7 Å². The first-order chi connectivity index (χ1) is 32.9. The second kappa shape index (κ2) is 40.3. The van der Waals surface area contributed by atoms with Crippen molar-refractivity contribution < 1.29 is 57.1 Å². The van der Waals surface area contributed by atoms with Crippen LogP contribution in [0.1, 0.15) is 76.4 Å². The first-order valence-electron chi connectivity index (χ1n) is 23.4. The van der Waals surface area contributed by atoms with E-state index in [0.29, 0.717) is 148 Å². The molecule has 0 aromatic carbocycles. The number of hydrogen-bond acceptors (Lipinski definition) is 16. The maximum Gasteiger partial charge on any atom is 0.315 e. The van der Waals surface area contributed by atoms with E-state index in [2.05, 4.69) is 38.1 Å². The number of carbonyl (C=O) groups excluding carboxylic acids is 4. The van der Waals surface area contributed by atoms with Crippen LogP contribution < -0.4 is 27.0 Å². The first-order valence-corrected chi connectivity index (χ1v) is 25.5. The number of rotatable bonds is 36. The number of amides is 4. The van der Waals surface area contributed by atoms with Gasteiger partial charge in [-0.15, -0.1) is 12.8 Å². The Morgan fingerprint density at radius 3 is 1.49 bits per heavy atom. The van der Waals surface area contributed by atoms with Gasteiger partial charge in [0.15, 0.2) is 0 Å². The zero-order valence-electron chi connectivity index (χ0n) is 39.0. The summed E-state index contributed by atoms with van der Waals surface area (Å²) >= 11 is 3.84. The normalized spacial score (nSPS) is 20.7. The Morgan fingerprint density at radius 2 is 1.04 bits per heavy atom. The van der Waals surface area contributed by atoms with Crippen LogP contribution in [-0.2, 0) is 42.7 Å². The molecule has 68 heavy (non-hydrogen) atoms. The van der Waals surface area contributed by atoms with E-state index < -0.39 is 0 Å². The molecule has 1 aromatic rings. The molecule has 4 aliphatic heterocycles. The Bertz CT molecular complexity index is 1570. The van der Waals surface area contributed by atoms with Crippen LogP contribution in [0.2, 0.25) is 0 Å². The SMILES string of the molecule is C.C#CCOCCOCCOCCOCCCC(=O)CCCC[C@@H]1SC[C@@H]2NC(=O)N[C@@H]21.C#CCOCCOCCOCCOCCN.O=C1N[C@H]2[C@H](CS[C@H]2CCCCC(=O)n2ccnc2)N1. The predicted octanol–water partition coefficient (Wildman–Crippen LogP) is 3.29. The first kappa shape index (κ1) is 60.7. The topological polar surface area (TPSA) is 234 Å². The smallest absolute Gasteiger partial charge is 0.315 e. The van der Waals surface area contributed by atoms with E-state index >= 15 is 0 Å². The lowest BCUT2D eigenvalue weighted by Gasteiger charge is -2.16. The van der Waals surface area contributed by atoms with Crippen LogP contribution in [0.25, 0.3) is 0 Å². The Kier molecular flexibility index (Phi) is 36.0. The number of hydrogen-bond donors (Lipinski definition) is 5. The highest BCUT2D eigenvalue weighted by molar-refractivity contribution is 8.00. The monoisotopic (exact) mass is 998 g/mol. The van der Waals surface area contributed by atoms with Crippen LogP contribution >= 0.6 is 23.5 Å². The van der Waals surface area contributed by atoms with Gasteiger partial charge >= 0.3 is 12.1 Å². The number of nitrogens with two attached hydrogens (primary N) is 1. The van der Waals surface area contributed by atoms with E-state index in [1.165, 1.54) is 4.57 Å². The van der Waals surface area contributed by atoms with Gasteiger partial charge in [-0.2, -0.15) is 23.5 Å². The van der Waals surface area contributed by atoms with Gasteiger partial charge in [0.2, 0.25) is 5.91 Å². The van der Waals surface area contributed by atoms with Crippen LogP contribution in [0.3, 0.4) is 0 Å². The number of urea groups is 2. The second-order valence-corrected chi connectivity index (χ2v) is 18.3. The lowest BCUT2D eigenvalue weighted by molar-refractivity contribution is -0.119. The molecular weight excluding hydrogens is 919 g/mol. The van der Waals surface area contributed by atoms with Crippen molar-refractivity contribution >= 4 is 47.3 Å².